The molecule has 0 unspecified atom stereocenters. The van der Waals surface area contributed by atoms with Gasteiger partial charge in [0.2, 0.25) is 0 Å². The number of amides is 2. The monoisotopic (exact) mass is 340 g/mol. The van der Waals surface area contributed by atoms with E-state index in [4.69, 9.17) is 4.74 Å². The molecule has 1 aromatic rings. The van der Waals surface area contributed by atoms with E-state index in [1.54, 1.807) is 7.11 Å². The van der Waals surface area contributed by atoms with E-state index in [2.05, 4.69) is 35.1 Å². The van der Waals surface area contributed by atoms with Crippen LogP contribution in [-0.2, 0) is 0 Å². The lowest BCUT2D eigenvalue weighted by atomic mass is 10.2. The second-order valence-electron chi connectivity index (χ2n) is 5.17. The van der Waals surface area contributed by atoms with E-state index in [1.165, 1.54) is 0 Å². The third-order valence-electron chi connectivity index (χ3n) is 3.91. The molecular weight excluding hydrogens is 320 g/mol. The average Bonchev–Trinajstić information content (AvgIpc) is 2.82. The van der Waals surface area contributed by atoms with Gasteiger partial charge in [0.25, 0.3) is 0 Å². The number of benzene rings is 1. The summed E-state index contributed by atoms with van der Waals surface area (Å²) in [4.78, 5) is 14.5. The molecule has 1 N–H and O–H groups in total. The summed E-state index contributed by atoms with van der Waals surface area (Å²) in [5, 5.41) is 2.98. The number of hydrogen-bond donors (Lipinski definition) is 1. The number of halogens is 1. The average molecular weight is 341 g/mol. The first-order chi connectivity index (χ1) is 9.56. The zero-order valence-corrected chi connectivity index (χ0v) is 13.7. The fourth-order valence-corrected chi connectivity index (χ4v) is 3.09. The Morgan fingerprint density at radius 2 is 2.25 bits per heavy atom. The molecule has 4 nitrogen and oxygen atoms in total. The summed E-state index contributed by atoms with van der Waals surface area (Å²) in [5.74, 6) is 0.727. The number of nitrogens with zero attached hydrogens (tertiary/aromatic N) is 1. The molecule has 1 fully saturated rings. The number of hydrogen-bond acceptors (Lipinski definition) is 2. The number of carbonyl (C=O) groups excluding carboxylic acids is 1. The van der Waals surface area contributed by atoms with Crippen molar-refractivity contribution < 1.29 is 9.53 Å². The number of nitrogens with one attached hydrogen (secondary N) is 1. The standard InChI is InChI=1S/C15H21BrN2O2/c1-4-11-6-5-10(2)18(11)15(19)17-14-9-12(20-3)7-8-13(14)16/h7-11H,4-6H2,1-3H3,(H,17,19)/t10-,11-/m1/s1. The smallest absolute Gasteiger partial charge is 0.322 e. The SMILES string of the molecule is CC[C@@H]1CC[C@@H](C)N1C(=O)Nc1cc(OC)ccc1Br. The number of anilines is 1. The maximum atomic E-state index is 12.5. The molecule has 1 aromatic carbocycles. The van der Waals surface area contributed by atoms with Crippen molar-refractivity contribution >= 4 is 27.6 Å². The Labute approximate surface area is 128 Å². The summed E-state index contributed by atoms with van der Waals surface area (Å²) in [5.41, 5.74) is 0.739. The molecule has 0 aliphatic carbocycles. The third kappa shape index (κ3) is 3.08. The van der Waals surface area contributed by atoms with Crippen LogP contribution >= 0.6 is 15.9 Å². The molecule has 2 rings (SSSR count). The van der Waals surface area contributed by atoms with Crippen LogP contribution in [0.3, 0.4) is 0 Å². The summed E-state index contributed by atoms with van der Waals surface area (Å²) >= 11 is 3.46. The third-order valence-corrected chi connectivity index (χ3v) is 4.60. The Bertz CT molecular complexity index is 493. The van der Waals surface area contributed by atoms with E-state index in [9.17, 15) is 4.79 Å². The van der Waals surface area contributed by atoms with Crippen LogP contribution in [-0.4, -0.2) is 30.1 Å². The molecule has 5 heteroatoms. The van der Waals surface area contributed by atoms with Crippen LogP contribution in [0.25, 0.3) is 0 Å². The van der Waals surface area contributed by atoms with Crippen molar-refractivity contribution in [3.63, 3.8) is 0 Å². The largest absolute Gasteiger partial charge is 0.497 e. The minimum atomic E-state index is -0.0317. The first kappa shape index (κ1) is 15.2. The lowest BCUT2D eigenvalue weighted by Gasteiger charge is -2.28. The molecule has 0 saturated carbocycles. The van der Waals surface area contributed by atoms with E-state index in [0.717, 1.165) is 35.2 Å². The van der Waals surface area contributed by atoms with Gasteiger partial charge < -0.3 is 15.0 Å². The lowest BCUT2D eigenvalue weighted by Crippen LogP contribution is -2.42. The normalized spacial score (nSPS) is 21.9. The van der Waals surface area contributed by atoms with Crippen LogP contribution in [0.4, 0.5) is 10.5 Å². The van der Waals surface area contributed by atoms with Crippen molar-refractivity contribution in [1.82, 2.24) is 4.90 Å². The topological polar surface area (TPSA) is 41.6 Å². The van der Waals surface area contributed by atoms with Gasteiger partial charge >= 0.3 is 6.03 Å². The molecule has 1 heterocycles. The molecule has 1 saturated heterocycles. The van der Waals surface area contributed by atoms with Crippen molar-refractivity contribution in [2.24, 2.45) is 0 Å². The maximum Gasteiger partial charge on any atom is 0.322 e. The number of methoxy groups -OCH3 is 1. The number of likely N-dealkylation sites (tertiary alicyclic amines) is 1. The Morgan fingerprint density at radius 3 is 2.90 bits per heavy atom. The van der Waals surface area contributed by atoms with Gasteiger partial charge in [-0.1, -0.05) is 6.92 Å². The van der Waals surface area contributed by atoms with E-state index in [0.29, 0.717) is 12.1 Å². The highest BCUT2D eigenvalue weighted by molar-refractivity contribution is 9.10. The van der Waals surface area contributed by atoms with E-state index < -0.39 is 0 Å². The highest BCUT2D eigenvalue weighted by atomic mass is 79.9. The zero-order valence-electron chi connectivity index (χ0n) is 12.1. The van der Waals surface area contributed by atoms with Gasteiger partial charge in [0.1, 0.15) is 5.75 Å². The summed E-state index contributed by atoms with van der Waals surface area (Å²) in [6.45, 7) is 4.24. The van der Waals surface area contributed by atoms with Gasteiger partial charge in [-0.25, -0.2) is 4.79 Å². The van der Waals surface area contributed by atoms with Crippen molar-refractivity contribution in [3.05, 3.63) is 22.7 Å². The Hall–Kier alpha value is -1.23. The van der Waals surface area contributed by atoms with E-state index in [-0.39, 0.29) is 6.03 Å². The molecule has 1 aliphatic heterocycles. The zero-order chi connectivity index (χ0) is 14.7. The van der Waals surface area contributed by atoms with Crippen molar-refractivity contribution in [3.8, 4) is 5.75 Å². The predicted molar refractivity (Wildman–Crippen MR) is 84.3 cm³/mol. The summed E-state index contributed by atoms with van der Waals surface area (Å²) < 4.78 is 6.05. The Morgan fingerprint density at radius 1 is 1.50 bits per heavy atom. The molecular formula is C15H21BrN2O2. The summed E-state index contributed by atoms with van der Waals surface area (Å²) in [6.07, 6.45) is 3.16. The van der Waals surface area contributed by atoms with Crippen molar-refractivity contribution in [2.75, 3.05) is 12.4 Å². The van der Waals surface area contributed by atoms with Crippen LogP contribution in [0.1, 0.15) is 33.1 Å². The van der Waals surface area contributed by atoms with Gasteiger partial charge in [0.05, 0.1) is 12.8 Å². The number of urea groups is 1. The van der Waals surface area contributed by atoms with Crippen molar-refractivity contribution in [1.29, 1.82) is 0 Å². The maximum absolute atomic E-state index is 12.5. The van der Waals surface area contributed by atoms with Crippen LogP contribution in [0.2, 0.25) is 0 Å². The van der Waals surface area contributed by atoms with Gasteiger partial charge in [-0.3, -0.25) is 0 Å². The quantitative estimate of drug-likeness (QED) is 0.893. The molecule has 0 aromatic heterocycles. The molecule has 0 radical (unpaired) electrons. The molecule has 2 atom stereocenters. The Kier molecular flexibility index (Phi) is 4.91. The molecule has 0 bridgehead atoms. The van der Waals surface area contributed by atoms with Gasteiger partial charge in [-0.05, 0) is 54.2 Å². The lowest BCUT2D eigenvalue weighted by molar-refractivity contribution is 0.188. The minimum absolute atomic E-state index is 0.0317. The predicted octanol–water partition coefficient (Wildman–Crippen LogP) is 4.25. The summed E-state index contributed by atoms with van der Waals surface area (Å²) in [6, 6.07) is 6.16. The highest BCUT2D eigenvalue weighted by Gasteiger charge is 2.33. The first-order valence-corrected chi connectivity index (χ1v) is 7.79. The molecule has 1 aliphatic rings. The number of carbonyl (C=O) groups is 1. The second kappa shape index (κ2) is 6.48. The van der Waals surface area contributed by atoms with Gasteiger partial charge in [0.15, 0.2) is 0 Å². The first-order valence-electron chi connectivity index (χ1n) is 6.99. The van der Waals surface area contributed by atoms with Gasteiger partial charge in [-0.15, -0.1) is 0 Å². The van der Waals surface area contributed by atoms with Gasteiger partial charge in [0, 0.05) is 22.6 Å². The number of rotatable bonds is 3. The van der Waals surface area contributed by atoms with Crippen LogP contribution in [0.5, 0.6) is 5.75 Å². The molecule has 0 spiro atoms. The minimum Gasteiger partial charge on any atom is -0.497 e. The Balaban J connectivity index is 2.15. The van der Waals surface area contributed by atoms with E-state index in [1.807, 2.05) is 23.1 Å². The van der Waals surface area contributed by atoms with Crippen LogP contribution < -0.4 is 10.1 Å². The fourth-order valence-electron chi connectivity index (χ4n) is 2.75. The fraction of sp³-hybridized carbons (Fsp3) is 0.533. The van der Waals surface area contributed by atoms with Crippen LogP contribution in [0.15, 0.2) is 22.7 Å². The van der Waals surface area contributed by atoms with Crippen LogP contribution in [0, 0.1) is 0 Å². The summed E-state index contributed by atoms with van der Waals surface area (Å²) in [7, 11) is 1.62. The van der Waals surface area contributed by atoms with Crippen molar-refractivity contribution in [2.45, 2.75) is 45.2 Å². The second-order valence-corrected chi connectivity index (χ2v) is 6.03. The van der Waals surface area contributed by atoms with E-state index >= 15 is 0 Å². The number of ether oxygens (including phenoxy) is 1. The molecule has 20 heavy (non-hydrogen) atoms. The highest BCUT2D eigenvalue weighted by Crippen LogP contribution is 2.30. The molecule has 110 valence electrons. The van der Waals surface area contributed by atoms with Gasteiger partial charge in [-0.2, -0.15) is 0 Å². The molecule has 2 amide bonds.